The van der Waals surface area contributed by atoms with Crippen LogP contribution >= 0.6 is 0 Å². The van der Waals surface area contributed by atoms with Gasteiger partial charge in [-0.05, 0) is 5.56 Å². The van der Waals surface area contributed by atoms with Crippen LogP contribution in [-0.4, -0.2) is 60.9 Å². The highest BCUT2D eigenvalue weighted by atomic mass is 16.7. The molecule has 1 aliphatic heterocycles. The number of benzene rings is 1. The van der Waals surface area contributed by atoms with Gasteiger partial charge >= 0.3 is 24.0 Å². The fraction of sp³-hybridized carbons (Fsp3) is 0.450. The maximum Gasteiger partial charge on any atom is 0.408 e. The lowest BCUT2D eigenvalue weighted by Gasteiger charge is -2.25. The minimum absolute atomic E-state index is 0.0523. The average molecular weight is 437 g/mol. The zero-order valence-corrected chi connectivity index (χ0v) is 17.1. The summed E-state index contributed by atoms with van der Waals surface area (Å²) in [4.78, 5) is 58.3. The molecular weight excluding hydrogens is 414 g/mol. The number of aldehydes is 1. The number of nitrogens with one attached hydrogen (secondary N) is 1. The van der Waals surface area contributed by atoms with Crippen LogP contribution in [0.15, 0.2) is 30.3 Å². The molecule has 1 unspecified atom stereocenters. The minimum Gasteiger partial charge on any atom is -0.455 e. The summed E-state index contributed by atoms with van der Waals surface area (Å²) in [5.41, 5.74) is 0.722. The number of alkyl carbamates (subject to hydrolysis) is 1. The first kappa shape index (κ1) is 23.8. The number of ether oxygens (including phenoxy) is 5. The third kappa shape index (κ3) is 7.07. The molecule has 0 bridgehead atoms. The quantitative estimate of drug-likeness (QED) is 0.349. The molecule has 1 saturated heterocycles. The van der Waals surface area contributed by atoms with Gasteiger partial charge in [-0.3, -0.25) is 14.4 Å². The molecule has 0 radical (unpaired) electrons. The molecule has 1 fully saturated rings. The Labute approximate surface area is 177 Å². The number of esters is 3. The van der Waals surface area contributed by atoms with Crippen LogP contribution in [0.3, 0.4) is 0 Å². The summed E-state index contributed by atoms with van der Waals surface area (Å²) in [7, 11) is 0. The van der Waals surface area contributed by atoms with Crippen LogP contribution < -0.4 is 5.32 Å². The van der Waals surface area contributed by atoms with Crippen LogP contribution in [0, 0.1) is 0 Å². The van der Waals surface area contributed by atoms with E-state index in [1.54, 1.807) is 30.3 Å². The Morgan fingerprint density at radius 2 is 1.55 bits per heavy atom. The second kappa shape index (κ2) is 11.1. The molecule has 31 heavy (non-hydrogen) atoms. The number of rotatable bonds is 8. The Morgan fingerprint density at radius 1 is 0.968 bits per heavy atom. The standard InChI is InChI=1S/C20H23NO10/c1-11(23)28-17-16(31-19(30-13(3)25)18(17)29-12(2)24)15(9-22)21-20(26)27-10-14-7-5-4-6-8-14/h4-9,15-19H,10H2,1-3H3,(H,21,26)/t15-,16-,17-,18-,19?/m1/s1. The Hall–Kier alpha value is -3.47. The molecule has 0 aliphatic carbocycles. The van der Waals surface area contributed by atoms with Crippen LogP contribution in [0.2, 0.25) is 0 Å². The predicted octanol–water partition coefficient (Wildman–Crippen LogP) is 0.632. The van der Waals surface area contributed by atoms with Crippen molar-refractivity contribution in [1.29, 1.82) is 0 Å². The second-order valence-electron chi connectivity index (χ2n) is 6.59. The van der Waals surface area contributed by atoms with E-state index in [2.05, 4.69) is 5.32 Å². The van der Waals surface area contributed by atoms with Gasteiger partial charge in [-0.15, -0.1) is 0 Å². The minimum atomic E-state index is -1.46. The topological polar surface area (TPSA) is 144 Å². The summed E-state index contributed by atoms with van der Waals surface area (Å²) in [6.45, 7) is 3.24. The number of hydrogen-bond acceptors (Lipinski definition) is 10. The summed E-state index contributed by atoms with van der Waals surface area (Å²) in [5.74, 6) is -2.29. The number of carbonyl (C=O) groups excluding carboxylic acids is 5. The summed E-state index contributed by atoms with van der Waals surface area (Å²) >= 11 is 0. The first-order chi connectivity index (χ1) is 14.7. The van der Waals surface area contributed by atoms with E-state index in [1.807, 2.05) is 0 Å². The highest BCUT2D eigenvalue weighted by molar-refractivity contribution is 5.74. The van der Waals surface area contributed by atoms with Gasteiger partial charge < -0.3 is 33.8 Å². The van der Waals surface area contributed by atoms with Gasteiger partial charge in [0.2, 0.25) is 12.4 Å². The van der Waals surface area contributed by atoms with E-state index >= 15 is 0 Å². The van der Waals surface area contributed by atoms with Gasteiger partial charge in [-0.2, -0.15) is 0 Å². The van der Waals surface area contributed by atoms with Crippen LogP contribution in [0.1, 0.15) is 26.3 Å². The van der Waals surface area contributed by atoms with Crippen molar-refractivity contribution >= 4 is 30.3 Å². The van der Waals surface area contributed by atoms with Crippen molar-refractivity contribution in [2.75, 3.05) is 0 Å². The summed E-state index contributed by atoms with van der Waals surface area (Å²) < 4.78 is 25.8. The predicted molar refractivity (Wildman–Crippen MR) is 101 cm³/mol. The number of carbonyl (C=O) groups is 5. The van der Waals surface area contributed by atoms with Crippen LogP contribution in [-0.2, 0) is 49.5 Å². The Morgan fingerprint density at radius 3 is 2.10 bits per heavy atom. The third-order valence-electron chi connectivity index (χ3n) is 4.09. The molecule has 0 saturated carbocycles. The van der Waals surface area contributed by atoms with Crippen molar-refractivity contribution in [2.24, 2.45) is 0 Å². The fourth-order valence-electron chi connectivity index (χ4n) is 2.93. The zero-order chi connectivity index (χ0) is 23.0. The van der Waals surface area contributed by atoms with Gasteiger partial charge in [-0.1, -0.05) is 30.3 Å². The molecular formula is C20H23NO10. The number of amides is 1. The van der Waals surface area contributed by atoms with E-state index in [-0.39, 0.29) is 6.61 Å². The first-order valence-corrected chi connectivity index (χ1v) is 9.31. The van der Waals surface area contributed by atoms with Gasteiger partial charge in [0.15, 0.2) is 6.10 Å². The Balaban J connectivity index is 2.15. The van der Waals surface area contributed by atoms with Crippen molar-refractivity contribution in [3.63, 3.8) is 0 Å². The molecule has 1 aromatic rings. The van der Waals surface area contributed by atoms with Crippen molar-refractivity contribution in [3.8, 4) is 0 Å². The molecule has 1 heterocycles. The zero-order valence-electron chi connectivity index (χ0n) is 17.1. The Bertz CT molecular complexity index is 811. The van der Waals surface area contributed by atoms with Crippen molar-refractivity contribution in [1.82, 2.24) is 5.32 Å². The second-order valence-corrected chi connectivity index (χ2v) is 6.59. The third-order valence-corrected chi connectivity index (χ3v) is 4.09. The van der Waals surface area contributed by atoms with Crippen LogP contribution in [0.4, 0.5) is 4.79 Å². The monoisotopic (exact) mass is 437 g/mol. The molecule has 168 valence electrons. The van der Waals surface area contributed by atoms with E-state index in [0.717, 1.165) is 26.3 Å². The molecule has 11 heteroatoms. The highest BCUT2D eigenvalue weighted by Gasteiger charge is 2.54. The van der Waals surface area contributed by atoms with Gasteiger partial charge in [0, 0.05) is 20.8 Å². The lowest BCUT2D eigenvalue weighted by molar-refractivity contribution is -0.196. The van der Waals surface area contributed by atoms with E-state index in [4.69, 9.17) is 23.7 Å². The fourth-order valence-corrected chi connectivity index (χ4v) is 2.93. The normalized spacial score (nSPS) is 23.2. The molecule has 0 spiro atoms. The maximum atomic E-state index is 12.2. The molecule has 1 aliphatic rings. The van der Waals surface area contributed by atoms with Crippen LogP contribution in [0.5, 0.6) is 0 Å². The SMILES string of the molecule is CC(=O)OC1O[C@H]([C@@H](C=O)NC(=O)OCc2ccccc2)[C@@H](OC(C)=O)[C@H]1OC(C)=O. The van der Waals surface area contributed by atoms with E-state index < -0.39 is 54.6 Å². The molecule has 0 aromatic heterocycles. The van der Waals surface area contributed by atoms with E-state index in [1.165, 1.54) is 0 Å². The molecule has 1 amide bonds. The van der Waals surface area contributed by atoms with Crippen molar-refractivity contribution in [2.45, 2.75) is 58.0 Å². The van der Waals surface area contributed by atoms with Gasteiger partial charge in [0.25, 0.3) is 0 Å². The molecule has 1 N–H and O–H groups in total. The lowest BCUT2D eigenvalue weighted by atomic mass is 10.0. The summed E-state index contributed by atoms with van der Waals surface area (Å²) in [6, 6.07) is 7.46. The molecule has 11 nitrogen and oxygen atoms in total. The maximum absolute atomic E-state index is 12.2. The summed E-state index contributed by atoms with van der Waals surface area (Å²) in [6.07, 6.45) is -6.06. The Kier molecular flexibility index (Phi) is 8.50. The largest absolute Gasteiger partial charge is 0.455 e. The average Bonchev–Trinajstić information content (AvgIpc) is 3.00. The number of hydrogen-bond donors (Lipinski definition) is 1. The molecule has 5 atom stereocenters. The van der Waals surface area contributed by atoms with Crippen molar-refractivity contribution < 1.29 is 47.7 Å². The van der Waals surface area contributed by atoms with E-state index in [9.17, 15) is 24.0 Å². The van der Waals surface area contributed by atoms with Gasteiger partial charge in [-0.25, -0.2) is 4.79 Å². The van der Waals surface area contributed by atoms with E-state index in [0.29, 0.717) is 6.29 Å². The van der Waals surface area contributed by atoms with Crippen molar-refractivity contribution in [3.05, 3.63) is 35.9 Å². The smallest absolute Gasteiger partial charge is 0.408 e. The van der Waals surface area contributed by atoms with Gasteiger partial charge in [0.05, 0.1) is 0 Å². The molecule has 1 aromatic carbocycles. The lowest BCUT2D eigenvalue weighted by Crippen LogP contribution is -2.51. The highest BCUT2D eigenvalue weighted by Crippen LogP contribution is 2.30. The van der Waals surface area contributed by atoms with Crippen LogP contribution in [0.25, 0.3) is 0 Å². The summed E-state index contributed by atoms with van der Waals surface area (Å²) in [5, 5.41) is 2.30. The van der Waals surface area contributed by atoms with Gasteiger partial charge in [0.1, 0.15) is 25.0 Å². The first-order valence-electron chi connectivity index (χ1n) is 9.31. The molecule has 2 rings (SSSR count).